The minimum absolute atomic E-state index is 0.0545. The summed E-state index contributed by atoms with van der Waals surface area (Å²) in [6.45, 7) is 0. The quantitative estimate of drug-likeness (QED) is 0.874. The number of nitrogens with one attached hydrogen (secondary N) is 2. The zero-order chi connectivity index (χ0) is 13.4. The second-order valence-electron chi connectivity index (χ2n) is 4.46. The number of aromatic amines is 1. The molecule has 0 radical (unpaired) electrons. The van der Waals surface area contributed by atoms with Gasteiger partial charge in [-0.1, -0.05) is 0 Å². The molecule has 0 saturated heterocycles. The highest BCUT2D eigenvalue weighted by Crippen LogP contribution is 2.24. The first kappa shape index (κ1) is 11.8. The SMILES string of the molecule is O=C(Nc1ccc(F)cc1F)c1n[nH]c2c1CCC2. The molecule has 1 amide bonds. The number of amides is 1. The molecule has 0 aliphatic heterocycles. The van der Waals surface area contributed by atoms with Crippen LogP contribution in [0.15, 0.2) is 18.2 Å². The zero-order valence-corrected chi connectivity index (χ0v) is 9.96. The highest BCUT2D eigenvalue weighted by Gasteiger charge is 2.23. The molecule has 3 rings (SSSR count). The van der Waals surface area contributed by atoms with Gasteiger partial charge in [-0.25, -0.2) is 8.78 Å². The van der Waals surface area contributed by atoms with E-state index in [-0.39, 0.29) is 11.4 Å². The molecule has 0 unspecified atom stereocenters. The van der Waals surface area contributed by atoms with Crippen molar-refractivity contribution in [2.45, 2.75) is 19.3 Å². The average Bonchev–Trinajstić information content (AvgIpc) is 2.94. The van der Waals surface area contributed by atoms with Gasteiger partial charge in [0.15, 0.2) is 5.69 Å². The number of anilines is 1. The molecular weight excluding hydrogens is 252 g/mol. The van der Waals surface area contributed by atoms with Crippen LogP contribution in [0, 0.1) is 11.6 Å². The van der Waals surface area contributed by atoms with Crippen molar-refractivity contribution >= 4 is 11.6 Å². The minimum atomic E-state index is -0.805. The number of hydrogen-bond donors (Lipinski definition) is 2. The van der Waals surface area contributed by atoms with Crippen LogP contribution in [0.4, 0.5) is 14.5 Å². The first-order valence-electron chi connectivity index (χ1n) is 5.97. The summed E-state index contributed by atoms with van der Waals surface area (Å²) < 4.78 is 26.2. The molecule has 1 aliphatic rings. The van der Waals surface area contributed by atoms with Crippen LogP contribution in [0.1, 0.15) is 28.2 Å². The summed E-state index contributed by atoms with van der Waals surface area (Å²) in [5, 5.41) is 9.17. The van der Waals surface area contributed by atoms with Crippen molar-refractivity contribution in [3.63, 3.8) is 0 Å². The molecule has 1 aromatic heterocycles. The Morgan fingerprint density at radius 1 is 1.32 bits per heavy atom. The molecule has 98 valence electrons. The van der Waals surface area contributed by atoms with Crippen LogP contribution in [0.3, 0.4) is 0 Å². The van der Waals surface area contributed by atoms with Gasteiger partial charge in [0.25, 0.3) is 5.91 Å². The van der Waals surface area contributed by atoms with Crippen LogP contribution in [0.25, 0.3) is 0 Å². The number of hydrogen-bond acceptors (Lipinski definition) is 2. The number of H-pyrrole nitrogens is 1. The van der Waals surface area contributed by atoms with Crippen LogP contribution < -0.4 is 5.32 Å². The van der Waals surface area contributed by atoms with E-state index in [0.717, 1.165) is 42.7 Å². The number of carbonyl (C=O) groups is 1. The van der Waals surface area contributed by atoms with E-state index in [2.05, 4.69) is 15.5 Å². The lowest BCUT2D eigenvalue weighted by Crippen LogP contribution is -2.15. The van der Waals surface area contributed by atoms with Crippen LogP contribution in [-0.2, 0) is 12.8 Å². The van der Waals surface area contributed by atoms with Gasteiger partial charge in [-0.05, 0) is 31.4 Å². The molecule has 0 fully saturated rings. The molecule has 19 heavy (non-hydrogen) atoms. The summed E-state index contributed by atoms with van der Waals surface area (Å²) >= 11 is 0. The van der Waals surface area contributed by atoms with Gasteiger partial charge in [0.2, 0.25) is 0 Å². The van der Waals surface area contributed by atoms with Gasteiger partial charge in [-0.2, -0.15) is 5.10 Å². The maximum Gasteiger partial charge on any atom is 0.276 e. The van der Waals surface area contributed by atoms with Crippen molar-refractivity contribution in [2.75, 3.05) is 5.32 Å². The Bertz CT molecular complexity index is 651. The molecule has 2 N–H and O–H groups in total. The van der Waals surface area contributed by atoms with E-state index >= 15 is 0 Å². The largest absolute Gasteiger partial charge is 0.318 e. The fraction of sp³-hybridized carbons (Fsp3) is 0.231. The lowest BCUT2D eigenvalue weighted by molar-refractivity contribution is 0.102. The third-order valence-corrected chi connectivity index (χ3v) is 3.20. The van der Waals surface area contributed by atoms with E-state index < -0.39 is 17.5 Å². The molecule has 1 heterocycles. The summed E-state index contributed by atoms with van der Waals surface area (Å²) in [6.07, 6.45) is 2.65. The Labute approximate surface area is 107 Å². The maximum absolute atomic E-state index is 13.4. The van der Waals surface area contributed by atoms with E-state index in [4.69, 9.17) is 0 Å². The number of aromatic nitrogens is 2. The van der Waals surface area contributed by atoms with Gasteiger partial charge in [0, 0.05) is 17.3 Å². The number of halogens is 2. The molecule has 0 atom stereocenters. The number of fused-ring (bicyclic) bond motifs is 1. The van der Waals surface area contributed by atoms with E-state index in [1.165, 1.54) is 6.07 Å². The Kier molecular flexibility index (Phi) is 2.77. The molecular formula is C13H11F2N3O. The molecule has 2 aromatic rings. The van der Waals surface area contributed by atoms with E-state index in [0.29, 0.717) is 0 Å². The fourth-order valence-corrected chi connectivity index (χ4v) is 2.28. The van der Waals surface area contributed by atoms with Gasteiger partial charge < -0.3 is 5.32 Å². The summed E-state index contributed by atoms with van der Waals surface area (Å²) in [6, 6.07) is 3.01. The van der Waals surface area contributed by atoms with Crippen molar-refractivity contribution < 1.29 is 13.6 Å². The predicted octanol–water partition coefficient (Wildman–Crippen LogP) is 2.43. The van der Waals surface area contributed by atoms with Crippen molar-refractivity contribution in [3.05, 3.63) is 46.8 Å². The number of carbonyl (C=O) groups excluding carboxylic acids is 1. The van der Waals surface area contributed by atoms with Crippen LogP contribution >= 0.6 is 0 Å². The van der Waals surface area contributed by atoms with Gasteiger partial charge in [0.1, 0.15) is 11.6 Å². The summed E-state index contributed by atoms with van der Waals surface area (Å²) in [7, 11) is 0. The first-order valence-corrected chi connectivity index (χ1v) is 5.97. The third kappa shape index (κ3) is 2.09. The molecule has 1 aliphatic carbocycles. The average molecular weight is 263 g/mol. The molecule has 1 aromatic carbocycles. The van der Waals surface area contributed by atoms with Crippen LogP contribution in [0.5, 0.6) is 0 Å². The lowest BCUT2D eigenvalue weighted by atomic mass is 10.2. The first-order chi connectivity index (χ1) is 9.15. The molecule has 6 heteroatoms. The second-order valence-corrected chi connectivity index (χ2v) is 4.46. The van der Waals surface area contributed by atoms with Gasteiger partial charge in [0.05, 0.1) is 5.69 Å². The number of rotatable bonds is 2. The topological polar surface area (TPSA) is 57.8 Å². The summed E-state index contributed by atoms with van der Waals surface area (Å²) in [4.78, 5) is 12.0. The number of benzene rings is 1. The van der Waals surface area contributed by atoms with Crippen LogP contribution in [0.2, 0.25) is 0 Å². The molecule has 0 spiro atoms. The van der Waals surface area contributed by atoms with Gasteiger partial charge >= 0.3 is 0 Å². The second kappa shape index (κ2) is 4.46. The summed E-state index contributed by atoms with van der Waals surface area (Å²) in [5.74, 6) is -1.97. The highest BCUT2D eigenvalue weighted by atomic mass is 19.1. The van der Waals surface area contributed by atoms with Crippen LogP contribution in [-0.4, -0.2) is 16.1 Å². The Morgan fingerprint density at radius 2 is 2.16 bits per heavy atom. The van der Waals surface area contributed by atoms with E-state index in [9.17, 15) is 13.6 Å². The van der Waals surface area contributed by atoms with Crippen molar-refractivity contribution in [1.29, 1.82) is 0 Å². The predicted molar refractivity (Wildman–Crippen MR) is 64.9 cm³/mol. The van der Waals surface area contributed by atoms with Crippen molar-refractivity contribution in [2.24, 2.45) is 0 Å². The van der Waals surface area contributed by atoms with E-state index in [1.807, 2.05) is 0 Å². The minimum Gasteiger partial charge on any atom is -0.318 e. The standard InChI is InChI=1S/C13H11F2N3O/c14-7-4-5-11(9(15)6-7)16-13(19)12-8-2-1-3-10(8)17-18-12/h4-6H,1-3H2,(H,16,19)(H,17,18). The summed E-state index contributed by atoms with van der Waals surface area (Å²) in [5.41, 5.74) is 2.09. The number of aryl methyl sites for hydroxylation is 1. The van der Waals surface area contributed by atoms with Gasteiger partial charge in [-0.15, -0.1) is 0 Å². The fourth-order valence-electron chi connectivity index (χ4n) is 2.28. The Morgan fingerprint density at radius 3 is 2.95 bits per heavy atom. The Hall–Kier alpha value is -2.24. The molecule has 0 saturated carbocycles. The smallest absolute Gasteiger partial charge is 0.276 e. The number of nitrogens with zero attached hydrogens (tertiary/aromatic N) is 1. The maximum atomic E-state index is 13.4. The monoisotopic (exact) mass is 263 g/mol. The zero-order valence-electron chi connectivity index (χ0n) is 9.96. The van der Waals surface area contributed by atoms with E-state index in [1.54, 1.807) is 0 Å². The third-order valence-electron chi connectivity index (χ3n) is 3.20. The lowest BCUT2D eigenvalue weighted by Gasteiger charge is -2.05. The van der Waals surface area contributed by atoms with Gasteiger partial charge in [-0.3, -0.25) is 9.89 Å². The van der Waals surface area contributed by atoms with Crippen molar-refractivity contribution in [3.8, 4) is 0 Å². The van der Waals surface area contributed by atoms with Crippen molar-refractivity contribution in [1.82, 2.24) is 10.2 Å². The normalized spacial score (nSPS) is 13.4. The molecule has 0 bridgehead atoms. The Balaban J connectivity index is 1.85. The highest BCUT2D eigenvalue weighted by molar-refractivity contribution is 6.04. The molecule has 4 nitrogen and oxygen atoms in total.